The molecule has 150 valence electrons. The second-order valence-corrected chi connectivity index (χ2v) is 10.2. The highest BCUT2D eigenvalue weighted by molar-refractivity contribution is 7.90. The number of fused-ring (bicyclic) bond motifs is 1. The first-order valence-corrected chi connectivity index (χ1v) is 12.1. The van der Waals surface area contributed by atoms with Crippen molar-refractivity contribution in [3.8, 4) is 0 Å². The van der Waals surface area contributed by atoms with Crippen molar-refractivity contribution >= 4 is 32.8 Å². The van der Waals surface area contributed by atoms with E-state index in [-0.39, 0.29) is 23.4 Å². The molecule has 0 unspecified atom stereocenters. The second kappa shape index (κ2) is 8.10. The summed E-state index contributed by atoms with van der Waals surface area (Å²) in [5.74, 6) is -0.114. The minimum absolute atomic E-state index is 0.0598. The lowest BCUT2D eigenvalue weighted by Crippen LogP contribution is -2.40. The smallest absolute Gasteiger partial charge is 0.238 e. The number of nitrogens with zero attached hydrogens (tertiary/aromatic N) is 1. The Morgan fingerprint density at radius 1 is 1.10 bits per heavy atom. The first-order valence-electron chi connectivity index (χ1n) is 9.37. The summed E-state index contributed by atoms with van der Waals surface area (Å²) in [6.45, 7) is 1.08. The Kier molecular flexibility index (Phi) is 5.54. The Hall–Kier alpha value is -2.48. The number of hydrogen-bond donors (Lipinski definition) is 1. The molecule has 2 aromatic carbocycles. The number of carbonyl (C=O) groups excluding carboxylic acids is 1. The summed E-state index contributed by atoms with van der Waals surface area (Å²) in [6.07, 6.45) is 2.10. The van der Waals surface area contributed by atoms with Gasteiger partial charge in [-0.05, 0) is 53.3 Å². The van der Waals surface area contributed by atoms with Gasteiger partial charge in [0.1, 0.15) is 0 Å². The molecule has 0 radical (unpaired) electrons. The first-order chi connectivity index (χ1) is 13.9. The molecule has 0 saturated heterocycles. The molecule has 4 rings (SSSR count). The van der Waals surface area contributed by atoms with E-state index in [0.29, 0.717) is 5.69 Å². The molecular formula is C22H22N2O3S2. The standard InChI is InChI=1S/C22H22N2O3S2/c1-29(26,27)18-9-7-17(8-10-18)23-21(25)15-24-13-11-20-19(12-14-28-20)22(24)16-5-3-2-4-6-16/h2-10,12,14,22H,11,13,15H2,1H3,(H,23,25)/t22-/m0/s1. The zero-order valence-corrected chi connectivity index (χ0v) is 17.7. The molecule has 1 aromatic heterocycles. The van der Waals surface area contributed by atoms with Gasteiger partial charge in [-0.15, -0.1) is 11.3 Å². The zero-order chi connectivity index (χ0) is 20.4. The topological polar surface area (TPSA) is 66.5 Å². The van der Waals surface area contributed by atoms with E-state index in [1.54, 1.807) is 23.5 Å². The highest BCUT2D eigenvalue weighted by Crippen LogP contribution is 2.37. The highest BCUT2D eigenvalue weighted by Gasteiger charge is 2.30. The van der Waals surface area contributed by atoms with E-state index in [1.165, 1.54) is 34.4 Å². The summed E-state index contributed by atoms with van der Waals surface area (Å²) in [5.41, 5.74) is 3.04. The quantitative estimate of drug-likeness (QED) is 0.675. The number of hydrogen-bond acceptors (Lipinski definition) is 5. The van der Waals surface area contributed by atoms with Gasteiger partial charge in [0.05, 0.1) is 17.5 Å². The van der Waals surface area contributed by atoms with Crippen LogP contribution in [0.15, 0.2) is 70.9 Å². The van der Waals surface area contributed by atoms with Gasteiger partial charge in [0, 0.05) is 23.4 Å². The molecule has 3 aromatic rings. The minimum Gasteiger partial charge on any atom is -0.325 e. The first kappa shape index (κ1) is 19.8. The van der Waals surface area contributed by atoms with Crippen molar-refractivity contribution < 1.29 is 13.2 Å². The molecule has 0 fully saturated rings. The predicted molar refractivity (Wildman–Crippen MR) is 116 cm³/mol. The van der Waals surface area contributed by atoms with Gasteiger partial charge in [-0.1, -0.05) is 30.3 Å². The molecule has 0 spiro atoms. The number of anilines is 1. The predicted octanol–water partition coefficient (Wildman–Crippen LogP) is 3.74. The van der Waals surface area contributed by atoms with Crippen molar-refractivity contribution in [1.82, 2.24) is 4.90 Å². The third-order valence-electron chi connectivity index (χ3n) is 5.09. The van der Waals surface area contributed by atoms with Crippen molar-refractivity contribution in [2.45, 2.75) is 17.4 Å². The van der Waals surface area contributed by atoms with Crippen molar-refractivity contribution in [2.24, 2.45) is 0 Å². The third kappa shape index (κ3) is 4.42. The van der Waals surface area contributed by atoms with E-state index >= 15 is 0 Å². The zero-order valence-electron chi connectivity index (χ0n) is 16.0. The van der Waals surface area contributed by atoms with Crippen LogP contribution in [0, 0.1) is 0 Å². The maximum absolute atomic E-state index is 12.7. The Labute approximate surface area is 174 Å². The van der Waals surface area contributed by atoms with Gasteiger partial charge in [-0.25, -0.2) is 8.42 Å². The summed E-state index contributed by atoms with van der Waals surface area (Å²) < 4.78 is 23.2. The third-order valence-corrected chi connectivity index (χ3v) is 7.22. The molecule has 1 amide bonds. The van der Waals surface area contributed by atoms with Crippen LogP contribution < -0.4 is 5.32 Å². The largest absolute Gasteiger partial charge is 0.325 e. The van der Waals surface area contributed by atoms with Crippen LogP contribution in [0.25, 0.3) is 0 Å². The van der Waals surface area contributed by atoms with Gasteiger partial charge in [0.2, 0.25) is 5.91 Å². The monoisotopic (exact) mass is 426 g/mol. The number of carbonyl (C=O) groups is 1. The molecule has 0 aliphatic carbocycles. The maximum atomic E-state index is 12.7. The number of benzene rings is 2. The van der Waals surface area contributed by atoms with Crippen molar-refractivity contribution in [3.63, 3.8) is 0 Å². The lowest BCUT2D eigenvalue weighted by atomic mass is 9.93. The van der Waals surface area contributed by atoms with E-state index in [4.69, 9.17) is 0 Å². The van der Waals surface area contributed by atoms with Crippen LogP contribution in [0.1, 0.15) is 22.0 Å². The molecule has 0 saturated carbocycles. The van der Waals surface area contributed by atoms with Gasteiger partial charge >= 0.3 is 0 Å². The fourth-order valence-electron chi connectivity index (χ4n) is 3.73. The normalized spacial score (nSPS) is 16.9. The van der Waals surface area contributed by atoms with Crippen molar-refractivity contribution in [2.75, 3.05) is 24.7 Å². The van der Waals surface area contributed by atoms with E-state index in [9.17, 15) is 13.2 Å². The van der Waals surface area contributed by atoms with E-state index in [1.807, 2.05) is 18.2 Å². The molecule has 1 N–H and O–H groups in total. The van der Waals surface area contributed by atoms with Crippen LogP contribution >= 0.6 is 11.3 Å². The molecule has 2 heterocycles. The molecule has 7 heteroatoms. The SMILES string of the molecule is CS(=O)(=O)c1ccc(NC(=O)CN2CCc3sccc3[C@@H]2c2ccccc2)cc1. The number of amides is 1. The van der Waals surface area contributed by atoms with Crippen molar-refractivity contribution in [3.05, 3.63) is 82.0 Å². The molecule has 1 aliphatic rings. The lowest BCUT2D eigenvalue weighted by molar-refractivity contribution is -0.117. The van der Waals surface area contributed by atoms with Crippen LogP contribution in [0.2, 0.25) is 0 Å². The van der Waals surface area contributed by atoms with Gasteiger partial charge in [-0.3, -0.25) is 9.69 Å². The minimum atomic E-state index is -3.25. The molecular weight excluding hydrogens is 404 g/mol. The summed E-state index contributed by atoms with van der Waals surface area (Å²) in [6, 6.07) is 18.7. The van der Waals surface area contributed by atoms with Crippen LogP contribution in [-0.4, -0.2) is 38.6 Å². The van der Waals surface area contributed by atoms with Crippen LogP contribution in [0.5, 0.6) is 0 Å². The highest BCUT2D eigenvalue weighted by atomic mass is 32.2. The Morgan fingerprint density at radius 3 is 2.52 bits per heavy atom. The number of thiophene rings is 1. The van der Waals surface area contributed by atoms with Crippen LogP contribution in [-0.2, 0) is 21.1 Å². The fourth-order valence-corrected chi connectivity index (χ4v) is 5.27. The summed E-state index contributed by atoms with van der Waals surface area (Å²) in [7, 11) is -3.25. The summed E-state index contributed by atoms with van der Waals surface area (Å²) in [4.78, 5) is 16.5. The van der Waals surface area contributed by atoms with Crippen LogP contribution in [0.4, 0.5) is 5.69 Å². The molecule has 1 aliphatic heterocycles. The summed E-state index contributed by atoms with van der Waals surface area (Å²) in [5, 5.41) is 5.00. The number of sulfone groups is 1. The van der Waals surface area contributed by atoms with Gasteiger partial charge in [0.25, 0.3) is 0 Å². The summed E-state index contributed by atoms with van der Waals surface area (Å²) >= 11 is 1.77. The Morgan fingerprint density at radius 2 is 1.83 bits per heavy atom. The Bertz CT molecular complexity index is 1110. The fraction of sp³-hybridized carbons (Fsp3) is 0.227. The lowest BCUT2D eigenvalue weighted by Gasteiger charge is -2.35. The van der Waals surface area contributed by atoms with E-state index < -0.39 is 9.84 Å². The van der Waals surface area contributed by atoms with E-state index in [2.05, 4.69) is 33.8 Å². The average molecular weight is 427 g/mol. The number of rotatable bonds is 5. The molecule has 1 atom stereocenters. The van der Waals surface area contributed by atoms with Crippen molar-refractivity contribution in [1.29, 1.82) is 0 Å². The second-order valence-electron chi connectivity index (χ2n) is 7.18. The molecule has 29 heavy (non-hydrogen) atoms. The van der Waals surface area contributed by atoms with Gasteiger partial charge < -0.3 is 5.32 Å². The van der Waals surface area contributed by atoms with Gasteiger partial charge in [0.15, 0.2) is 9.84 Å². The van der Waals surface area contributed by atoms with Gasteiger partial charge in [-0.2, -0.15) is 0 Å². The molecule has 5 nitrogen and oxygen atoms in total. The molecule has 0 bridgehead atoms. The number of nitrogens with one attached hydrogen (secondary N) is 1. The van der Waals surface area contributed by atoms with Crippen LogP contribution in [0.3, 0.4) is 0 Å². The average Bonchev–Trinajstić information content (AvgIpc) is 3.17. The maximum Gasteiger partial charge on any atom is 0.238 e. The van der Waals surface area contributed by atoms with E-state index in [0.717, 1.165) is 13.0 Å². The Balaban J connectivity index is 1.51.